The quantitative estimate of drug-likeness (QED) is 0.286. The molecule has 0 saturated carbocycles. The molecular formula is C26H37ClN4O5S2. The first-order valence-electron chi connectivity index (χ1n) is 12.4. The zero-order valence-corrected chi connectivity index (χ0v) is 25.2. The fourth-order valence-electron chi connectivity index (χ4n) is 4.09. The highest BCUT2D eigenvalue weighted by Gasteiger charge is 2.26. The van der Waals surface area contributed by atoms with E-state index in [4.69, 9.17) is 14.5 Å². The predicted octanol–water partition coefficient (Wildman–Crippen LogP) is 4.75. The van der Waals surface area contributed by atoms with Crippen LogP contribution in [0.15, 0.2) is 41.3 Å². The van der Waals surface area contributed by atoms with Crippen LogP contribution in [0.3, 0.4) is 0 Å². The number of methoxy groups -OCH3 is 2. The number of amides is 1. The lowest BCUT2D eigenvalue weighted by Crippen LogP contribution is -2.39. The van der Waals surface area contributed by atoms with Gasteiger partial charge in [-0.2, -0.15) is 4.31 Å². The summed E-state index contributed by atoms with van der Waals surface area (Å²) < 4.78 is 39.0. The summed E-state index contributed by atoms with van der Waals surface area (Å²) in [6.07, 6.45) is 0. The molecule has 0 unspecified atom stereocenters. The average Bonchev–Trinajstić information content (AvgIpc) is 3.36. The summed E-state index contributed by atoms with van der Waals surface area (Å²) in [4.78, 5) is 22.6. The average molecular weight is 585 g/mol. The number of aromatic nitrogens is 1. The number of rotatable bonds is 13. The molecule has 3 rings (SSSR count). The lowest BCUT2D eigenvalue weighted by atomic mass is 10.2. The van der Waals surface area contributed by atoms with Crippen molar-refractivity contribution in [3.05, 3.63) is 42.0 Å². The van der Waals surface area contributed by atoms with Crippen molar-refractivity contribution in [1.82, 2.24) is 14.2 Å². The molecule has 0 bridgehead atoms. The van der Waals surface area contributed by atoms with E-state index in [1.165, 1.54) is 27.8 Å². The summed E-state index contributed by atoms with van der Waals surface area (Å²) in [6.45, 7) is 11.3. The highest BCUT2D eigenvalue weighted by molar-refractivity contribution is 7.89. The van der Waals surface area contributed by atoms with Gasteiger partial charge in [-0.25, -0.2) is 13.4 Å². The molecule has 210 valence electrons. The first-order valence-corrected chi connectivity index (χ1v) is 14.7. The minimum Gasteiger partial charge on any atom is -0.495 e. The Morgan fingerprint density at radius 1 is 0.868 bits per heavy atom. The molecule has 1 aromatic heterocycles. The number of thiazole rings is 1. The topological polar surface area (TPSA) is 92.3 Å². The highest BCUT2D eigenvalue weighted by atomic mass is 35.5. The monoisotopic (exact) mass is 584 g/mol. The number of hydrogen-bond donors (Lipinski definition) is 0. The molecule has 0 aliphatic carbocycles. The van der Waals surface area contributed by atoms with Gasteiger partial charge in [-0.3, -0.25) is 9.69 Å². The van der Waals surface area contributed by atoms with Crippen LogP contribution in [-0.2, 0) is 10.0 Å². The molecule has 0 spiro atoms. The summed E-state index contributed by atoms with van der Waals surface area (Å²) in [6, 6.07) is 9.74. The van der Waals surface area contributed by atoms with E-state index in [0.29, 0.717) is 53.9 Å². The first kappa shape index (κ1) is 31.8. The van der Waals surface area contributed by atoms with Gasteiger partial charge in [0.05, 0.1) is 19.1 Å². The van der Waals surface area contributed by atoms with Crippen LogP contribution in [0, 0.1) is 0 Å². The van der Waals surface area contributed by atoms with Crippen LogP contribution in [-0.4, -0.2) is 82.0 Å². The van der Waals surface area contributed by atoms with Crippen molar-refractivity contribution in [2.45, 2.75) is 32.6 Å². The maximum atomic E-state index is 13.8. The molecule has 1 heterocycles. The molecule has 1 amide bonds. The molecule has 0 fully saturated rings. The minimum atomic E-state index is -3.61. The number of fused-ring (bicyclic) bond motifs is 1. The number of ether oxygens (including phenoxy) is 2. The Balaban J connectivity index is 0.00000507. The molecular weight excluding hydrogens is 548 g/mol. The van der Waals surface area contributed by atoms with Crippen LogP contribution in [0.4, 0.5) is 5.13 Å². The van der Waals surface area contributed by atoms with Crippen molar-refractivity contribution in [2.75, 3.05) is 58.4 Å². The van der Waals surface area contributed by atoms with Crippen molar-refractivity contribution in [3.8, 4) is 11.5 Å². The van der Waals surface area contributed by atoms with Gasteiger partial charge in [0, 0.05) is 31.7 Å². The van der Waals surface area contributed by atoms with Crippen molar-refractivity contribution < 1.29 is 22.7 Å². The summed E-state index contributed by atoms with van der Waals surface area (Å²) in [5, 5.41) is 0.523. The zero-order valence-electron chi connectivity index (χ0n) is 22.8. The Bertz CT molecular complexity index is 1270. The van der Waals surface area contributed by atoms with E-state index in [2.05, 4.69) is 18.7 Å². The van der Waals surface area contributed by atoms with Crippen LogP contribution >= 0.6 is 23.7 Å². The van der Waals surface area contributed by atoms with Crippen LogP contribution in [0.1, 0.15) is 38.1 Å². The molecule has 0 atom stereocenters. The Labute approximate surface area is 235 Å². The van der Waals surface area contributed by atoms with Crippen LogP contribution in [0.2, 0.25) is 0 Å². The molecule has 0 N–H and O–H groups in total. The van der Waals surface area contributed by atoms with E-state index in [1.54, 1.807) is 51.2 Å². The molecule has 0 aliphatic rings. The standard InChI is InChI=1S/C26H36N4O5S2.ClH/c1-7-28(8-2)17-18-30(26-27-23-21(34-5)15-16-22(35-6)24(23)36-26)25(31)19-11-13-20(14-12-19)37(32,33)29(9-3)10-4;/h11-16H,7-10,17-18H2,1-6H3;1H. The second-order valence-corrected chi connectivity index (χ2v) is 11.2. The van der Waals surface area contributed by atoms with E-state index in [1.807, 2.05) is 6.07 Å². The van der Waals surface area contributed by atoms with Gasteiger partial charge in [0.25, 0.3) is 5.91 Å². The van der Waals surface area contributed by atoms with Crippen molar-refractivity contribution in [1.29, 1.82) is 0 Å². The van der Waals surface area contributed by atoms with Gasteiger partial charge in [0.15, 0.2) is 5.13 Å². The summed E-state index contributed by atoms with van der Waals surface area (Å²) in [5.74, 6) is 0.998. The number of anilines is 1. The van der Waals surface area contributed by atoms with Crippen LogP contribution in [0.25, 0.3) is 10.2 Å². The van der Waals surface area contributed by atoms with Gasteiger partial charge >= 0.3 is 0 Å². The molecule has 9 nitrogen and oxygen atoms in total. The molecule has 2 aromatic carbocycles. The van der Waals surface area contributed by atoms with Gasteiger partial charge in [0.1, 0.15) is 21.7 Å². The number of sulfonamides is 1. The second kappa shape index (κ2) is 14.1. The van der Waals surface area contributed by atoms with Crippen LogP contribution < -0.4 is 14.4 Å². The number of hydrogen-bond acceptors (Lipinski definition) is 8. The molecule has 3 aromatic rings. The Morgan fingerprint density at radius 3 is 1.97 bits per heavy atom. The van der Waals surface area contributed by atoms with Gasteiger partial charge < -0.3 is 14.4 Å². The second-order valence-electron chi connectivity index (χ2n) is 8.24. The largest absolute Gasteiger partial charge is 0.495 e. The van der Waals surface area contributed by atoms with Crippen LogP contribution in [0.5, 0.6) is 11.5 Å². The number of nitrogens with zero attached hydrogens (tertiary/aromatic N) is 4. The third-order valence-corrected chi connectivity index (χ3v) is 9.51. The predicted molar refractivity (Wildman–Crippen MR) is 156 cm³/mol. The molecule has 0 aliphatic heterocycles. The van der Waals surface area contributed by atoms with Gasteiger partial charge in [-0.15, -0.1) is 12.4 Å². The van der Waals surface area contributed by atoms with Crippen molar-refractivity contribution in [3.63, 3.8) is 0 Å². The summed E-state index contributed by atoms with van der Waals surface area (Å²) in [7, 11) is -0.438. The van der Waals surface area contributed by atoms with Crippen molar-refractivity contribution in [2.24, 2.45) is 0 Å². The molecule has 12 heteroatoms. The van der Waals surface area contributed by atoms with E-state index >= 15 is 0 Å². The number of carbonyl (C=O) groups excluding carboxylic acids is 1. The van der Waals surface area contributed by atoms with E-state index in [-0.39, 0.29) is 23.2 Å². The van der Waals surface area contributed by atoms with Gasteiger partial charge in [-0.1, -0.05) is 39.0 Å². The Kier molecular flexibility index (Phi) is 11.8. The Hall–Kier alpha value is -2.44. The lowest BCUT2D eigenvalue weighted by Gasteiger charge is -2.25. The number of halogens is 1. The van der Waals surface area contributed by atoms with E-state index in [9.17, 15) is 13.2 Å². The lowest BCUT2D eigenvalue weighted by molar-refractivity contribution is 0.0983. The smallest absolute Gasteiger partial charge is 0.260 e. The fraction of sp³-hybridized carbons (Fsp3) is 0.462. The molecule has 38 heavy (non-hydrogen) atoms. The first-order chi connectivity index (χ1) is 17.7. The maximum absolute atomic E-state index is 13.8. The maximum Gasteiger partial charge on any atom is 0.260 e. The minimum absolute atomic E-state index is 0. The highest BCUT2D eigenvalue weighted by Crippen LogP contribution is 2.40. The third-order valence-electron chi connectivity index (χ3n) is 6.35. The molecule has 0 radical (unpaired) electrons. The number of carbonyl (C=O) groups is 1. The number of likely N-dealkylation sites (N-methyl/N-ethyl adjacent to an activating group) is 1. The van der Waals surface area contributed by atoms with E-state index in [0.717, 1.165) is 17.8 Å². The third kappa shape index (κ3) is 6.58. The fourth-order valence-corrected chi connectivity index (χ4v) is 6.65. The normalized spacial score (nSPS) is 11.6. The van der Waals surface area contributed by atoms with Crippen molar-refractivity contribution >= 4 is 55.0 Å². The summed E-state index contributed by atoms with van der Waals surface area (Å²) in [5.41, 5.74) is 1.01. The Morgan fingerprint density at radius 2 is 1.45 bits per heavy atom. The van der Waals surface area contributed by atoms with E-state index < -0.39 is 10.0 Å². The number of benzene rings is 2. The molecule has 0 saturated heterocycles. The van der Waals surface area contributed by atoms with Gasteiger partial charge in [-0.05, 0) is 49.5 Å². The van der Waals surface area contributed by atoms with Gasteiger partial charge in [0.2, 0.25) is 10.0 Å². The summed E-state index contributed by atoms with van der Waals surface area (Å²) >= 11 is 1.36. The zero-order chi connectivity index (χ0) is 27.2. The SMILES string of the molecule is CCN(CC)CCN(C(=O)c1ccc(S(=O)(=O)N(CC)CC)cc1)c1nc2c(OC)ccc(OC)c2s1.Cl.